The molecule has 0 atom stereocenters. The van der Waals surface area contributed by atoms with Gasteiger partial charge in [-0.05, 0) is 11.4 Å². The van der Waals surface area contributed by atoms with Crippen molar-refractivity contribution in [1.29, 1.82) is 0 Å². The highest BCUT2D eigenvalue weighted by atomic mass is 32.1. The summed E-state index contributed by atoms with van der Waals surface area (Å²) in [5, 5.41) is 2.05. The van der Waals surface area contributed by atoms with Gasteiger partial charge < -0.3 is 14.2 Å². The molecule has 5 heterocycles. The molecule has 29 heavy (non-hydrogen) atoms. The van der Waals surface area contributed by atoms with E-state index in [1.54, 1.807) is 18.4 Å². The Hall–Kier alpha value is -2.69. The van der Waals surface area contributed by atoms with Crippen LogP contribution >= 0.6 is 11.3 Å². The molecule has 1 aliphatic heterocycles. The smallest absolute Gasteiger partial charge is 0.332 e. The SMILES string of the molecule is Cn1c(=O)c2c(nc3n(CC[NH+]4CCOCC4)c(-c4cccs4)cn23)n(C)c1=O. The van der Waals surface area contributed by atoms with Crippen LogP contribution in [0.2, 0.25) is 0 Å². The highest BCUT2D eigenvalue weighted by molar-refractivity contribution is 7.13. The van der Waals surface area contributed by atoms with Gasteiger partial charge >= 0.3 is 5.69 Å². The fourth-order valence-corrected chi connectivity index (χ4v) is 4.78. The van der Waals surface area contributed by atoms with Gasteiger partial charge in [0.1, 0.15) is 13.1 Å². The Labute approximate surface area is 170 Å². The maximum absolute atomic E-state index is 12.9. The molecule has 0 amide bonds. The molecule has 0 saturated carbocycles. The van der Waals surface area contributed by atoms with Crippen molar-refractivity contribution in [1.82, 2.24) is 23.1 Å². The zero-order chi connectivity index (χ0) is 20.1. The summed E-state index contributed by atoms with van der Waals surface area (Å²) in [7, 11) is 3.15. The van der Waals surface area contributed by atoms with Crippen LogP contribution in [-0.2, 0) is 25.4 Å². The van der Waals surface area contributed by atoms with E-state index in [4.69, 9.17) is 9.72 Å². The van der Waals surface area contributed by atoms with E-state index in [0.29, 0.717) is 16.9 Å². The predicted octanol–water partition coefficient (Wildman–Crippen LogP) is -0.670. The van der Waals surface area contributed by atoms with Gasteiger partial charge in [0.2, 0.25) is 5.78 Å². The minimum Gasteiger partial charge on any atom is -0.370 e. The number of ether oxygens (including phenoxy) is 1. The number of thiophene rings is 1. The van der Waals surface area contributed by atoms with Crippen molar-refractivity contribution in [2.24, 2.45) is 14.1 Å². The molecule has 0 unspecified atom stereocenters. The number of hydrogen-bond acceptors (Lipinski definition) is 5. The van der Waals surface area contributed by atoms with E-state index >= 15 is 0 Å². The highest BCUT2D eigenvalue weighted by Crippen LogP contribution is 2.28. The predicted molar refractivity (Wildman–Crippen MR) is 111 cm³/mol. The summed E-state index contributed by atoms with van der Waals surface area (Å²) in [5.74, 6) is 0.689. The van der Waals surface area contributed by atoms with Crippen LogP contribution in [0.3, 0.4) is 0 Å². The van der Waals surface area contributed by atoms with Crippen LogP contribution in [0.1, 0.15) is 0 Å². The van der Waals surface area contributed by atoms with E-state index in [-0.39, 0.29) is 11.2 Å². The average Bonchev–Trinajstić information content (AvgIpc) is 3.45. The molecule has 4 aromatic heterocycles. The minimum atomic E-state index is -0.369. The lowest BCUT2D eigenvalue weighted by Gasteiger charge is -2.24. The number of imidazole rings is 2. The number of rotatable bonds is 4. The Morgan fingerprint density at radius 3 is 2.72 bits per heavy atom. The number of fused-ring (bicyclic) bond motifs is 3. The second kappa shape index (κ2) is 6.97. The molecular formula is C19H23N6O3S+. The summed E-state index contributed by atoms with van der Waals surface area (Å²) < 4.78 is 12.0. The van der Waals surface area contributed by atoms with Gasteiger partial charge in [0.25, 0.3) is 5.56 Å². The normalized spacial score (nSPS) is 15.7. The third-order valence-electron chi connectivity index (χ3n) is 5.72. The van der Waals surface area contributed by atoms with Gasteiger partial charge in [0.05, 0.1) is 36.9 Å². The number of aromatic nitrogens is 5. The van der Waals surface area contributed by atoms with E-state index in [2.05, 4.69) is 10.6 Å². The standard InChI is InChI=1S/C19H22N6O3S/c1-21-16-15(17(26)22(2)19(21)27)25-12-13(14-4-3-11-29-14)24(18(25)20-16)6-5-23-7-9-28-10-8-23/h3-4,11-12H,5-10H2,1-2H3/p+1. The average molecular weight is 415 g/mol. The van der Waals surface area contributed by atoms with Crippen LogP contribution in [0, 0.1) is 0 Å². The largest absolute Gasteiger partial charge is 0.370 e. The Morgan fingerprint density at radius 1 is 1.21 bits per heavy atom. The first-order chi connectivity index (χ1) is 14.1. The topological polar surface area (TPSA) is 79.9 Å². The van der Waals surface area contributed by atoms with Gasteiger partial charge in [-0.3, -0.25) is 18.3 Å². The van der Waals surface area contributed by atoms with Crippen molar-refractivity contribution in [3.8, 4) is 10.6 Å². The van der Waals surface area contributed by atoms with Gasteiger partial charge in [-0.15, -0.1) is 11.3 Å². The molecule has 152 valence electrons. The Bertz CT molecular complexity index is 1300. The number of nitrogens with zero attached hydrogens (tertiary/aromatic N) is 5. The van der Waals surface area contributed by atoms with Crippen LogP contribution in [0.5, 0.6) is 0 Å². The minimum absolute atomic E-state index is 0.329. The fraction of sp³-hybridized carbons (Fsp3) is 0.421. The third-order valence-corrected chi connectivity index (χ3v) is 6.61. The zero-order valence-corrected chi connectivity index (χ0v) is 17.2. The molecule has 5 rings (SSSR count). The Kier molecular flexibility index (Phi) is 4.41. The van der Waals surface area contributed by atoms with Crippen molar-refractivity contribution in [2.75, 3.05) is 32.8 Å². The summed E-state index contributed by atoms with van der Waals surface area (Å²) in [6.07, 6.45) is 1.97. The maximum Gasteiger partial charge on any atom is 0.332 e. The summed E-state index contributed by atoms with van der Waals surface area (Å²) in [6, 6.07) is 4.10. The van der Waals surface area contributed by atoms with Gasteiger partial charge in [-0.1, -0.05) is 6.07 Å². The van der Waals surface area contributed by atoms with Crippen molar-refractivity contribution >= 4 is 28.3 Å². The lowest BCUT2D eigenvalue weighted by atomic mass is 10.3. The molecule has 0 radical (unpaired) electrons. The fourth-order valence-electron chi connectivity index (χ4n) is 4.04. The first kappa shape index (κ1) is 18.3. The van der Waals surface area contributed by atoms with E-state index < -0.39 is 0 Å². The lowest BCUT2D eigenvalue weighted by molar-refractivity contribution is -0.908. The second-order valence-corrected chi connectivity index (χ2v) is 8.36. The molecule has 1 saturated heterocycles. The van der Waals surface area contributed by atoms with Crippen molar-refractivity contribution < 1.29 is 9.64 Å². The summed E-state index contributed by atoms with van der Waals surface area (Å²) in [4.78, 5) is 32.5. The molecule has 1 aliphatic rings. The van der Waals surface area contributed by atoms with E-state index in [9.17, 15) is 9.59 Å². The highest BCUT2D eigenvalue weighted by Gasteiger charge is 2.22. The molecule has 0 aromatic carbocycles. The summed E-state index contributed by atoms with van der Waals surface area (Å²) >= 11 is 1.66. The molecule has 1 fully saturated rings. The maximum atomic E-state index is 12.9. The van der Waals surface area contributed by atoms with Gasteiger partial charge in [0, 0.05) is 20.3 Å². The molecule has 0 bridgehead atoms. The molecule has 9 nitrogen and oxygen atoms in total. The molecule has 0 aliphatic carbocycles. The summed E-state index contributed by atoms with van der Waals surface area (Å²) in [6.45, 7) is 5.30. The first-order valence-electron chi connectivity index (χ1n) is 9.69. The number of hydrogen-bond donors (Lipinski definition) is 1. The second-order valence-electron chi connectivity index (χ2n) is 7.42. The molecule has 1 N–H and O–H groups in total. The van der Waals surface area contributed by atoms with E-state index in [1.165, 1.54) is 16.5 Å². The van der Waals surface area contributed by atoms with E-state index in [1.807, 2.05) is 22.0 Å². The van der Waals surface area contributed by atoms with Gasteiger partial charge in [-0.2, -0.15) is 4.98 Å². The van der Waals surface area contributed by atoms with Crippen LogP contribution in [0.25, 0.3) is 27.5 Å². The van der Waals surface area contributed by atoms with E-state index in [0.717, 1.165) is 54.5 Å². The number of nitrogens with one attached hydrogen (secondary N) is 1. The van der Waals surface area contributed by atoms with Crippen LogP contribution < -0.4 is 16.1 Å². The van der Waals surface area contributed by atoms with Gasteiger partial charge in [-0.25, -0.2) is 4.79 Å². The summed E-state index contributed by atoms with van der Waals surface area (Å²) in [5.41, 5.74) is 1.18. The molecule has 0 spiro atoms. The van der Waals surface area contributed by atoms with Crippen LogP contribution in [0.4, 0.5) is 0 Å². The monoisotopic (exact) mass is 415 g/mol. The lowest BCUT2D eigenvalue weighted by Crippen LogP contribution is -3.14. The number of morpholine rings is 1. The number of quaternary nitrogens is 1. The number of aryl methyl sites for hydroxylation is 1. The molecule has 4 aromatic rings. The van der Waals surface area contributed by atoms with Crippen molar-refractivity contribution in [3.05, 3.63) is 44.5 Å². The van der Waals surface area contributed by atoms with Crippen molar-refractivity contribution in [2.45, 2.75) is 6.54 Å². The Morgan fingerprint density at radius 2 is 2.00 bits per heavy atom. The molecular weight excluding hydrogens is 392 g/mol. The molecule has 10 heteroatoms. The van der Waals surface area contributed by atoms with Crippen molar-refractivity contribution in [3.63, 3.8) is 0 Å². The zero-order valence-electron chi connectivity index (χ0n) is 16.4. The van der Waals surface area contributed by atoms with Crippen LogP contribution in [-0.4, -0.2) is 55.9 Å². The Balaban J connectivity index is 1.71. The van der Waals surface area contributed by atoms with Crippen LogP contribution in [0.15, 0.2) is 33.3 Å². The first-order valence-corrected chi connectivity index (χ1v) is 10.6. The van der Waals surface area contributed by atoms with Gasteiger partial charge in [0.15, 0.2) is 11.2 Å². The quantitative estimate of drug-likeness (QED) is 0.480. The third kappa shape index (κ3) is 2.86.